The minimum Gasteiger partial charge on any atom is -0.493 e. The van der Waals surface area contributed by atoms with Crippen molar-refractivity contribution in [3.8, 4) is 17.2 Å². The van der Waals surface area contributed by atoms with Gasteiger partial charge in [-0.15, -0.1) is 0 Å². The summed E-state index contributed by atoms with van der Waals surface area (Å²) < 4.78 is 15.7. The monoisotopic (exact) mass is 253 g/mol. The molecule has 1 atom stereocenters. The Morgan fingerprint density at radius 1 is 1.17 bits per heavy atom. The summed E-state index contributed by atoms with van der Waals surface area (Å²) in [6, 6.07) is 3.07. The molecule has 0 aliphatic heterocycles. The minimum absolute atomic E-state index is 0.0521. The summed E-state index contributed by atoms with van der Waals surface area (Å²) in [5.41, 5.74) is 6.61. The Hall–Kier alpha value is -1.75. The first-order valence-corrected chi connectivity index (χ1v) is 5.58. The van der Waals surface area contributed by atoms with Crippen LogP contribution in [0.2, 0.25) is 0 Å². The predicted octanol–water partition coefficient (Wildman–Crippen LogP) is 1.17. The van der Waals surface area contributed by atoms with Crippen LogP contribution in [-0.4, -0.2) is 33.2 Å². The van der Waals surface area contributed by atoms with Crippen LogP contribution in [0.15, 0.2) is 12.1 Å². The minimum atomic E-state index is -0.521. The number of carbonyl (C=O) groups is 1. The Morgan fingerprint density at radius 3 is 2.00 bits per heavy atom. The van der Waals surface area contributed by atoms with Crippen LogP contribution in [0.5, 0.6) is 17.2 Å². The fraction of sp³-hybridized carbons (Fsp3) is 0.462. The molecule has 0 aliphatic rings. The first kappa shape index (κ1) is 14.3. The number of hydrogen-bond acceptors (Lipinski definition) is 5. The van der Waals surface area contributed by atoms with Crippen LogP contribution < -0.4 is 19.9 Å². The molecule has 18 heavy (non-hydrogen) atoms. The van der Waals surface area contributed by atoms with Crippen LogP contribution in [0, 0.1) is 0 Å². The van der Waals surface area contributed by atoms with Gasteiger partial charge in [0.05, 0.1) is 27.4 Å². The van der Waals surface area contributed by atoms with Crippen molar-refractivity contribution < 1.29 is 19.0 Å². The molecule has 0 heterocycles. The fourth-order valence-corrected chi connectivity index (χ4v) is 1.65. The molecule has 0 fully saturated rings. The van der Waals surface area contributed by atoms with Crippen molar-refractivity contribution in [2.75, 3.05) is 21.3 Å². The van der Waals surface area contributed by atoms with E-state index in [9.17, 15) is 4.79 Å². The van der Waals surface area contributed by atoms with Crippen molar-refractivity contribution in [2.24, 2.45) is 5.73 Å². The summed E-state index contributed by atoms with van der Waals surface area (Å²) in [5, 5.41) is 0. The summed E-state index contributed by atoms with van der Waals surface area (Å²) in [6.07, 6.45) is 0.437. The van der Waals surface area contributed by atoms with Crippen molar-refractivity contribution in [2.45, 2.75) is 19.4 Å². The molecule has 1 unspecified atom stereocenters. The van der Waals surface area contributed by atoms with Crippen molar-refractivity contribution >= 4 is 5.78 Å². The Balaban J connectivity index is 3.11. The molecule has 100 valence electrons. The molecule has 5 nitrogen and oxygen atoms in total. The third-order valence-corrected chi connectivity index (χ3v) is 2.70. The zero-order valence-electron chi connectivity index (χ0n) is 11.1. The summed E-state index contributed by atoms with van der Waals surface area (Å²) in [4.78, 5) is 11.2. The third-order valence-electron chi connectivity index (χ3n) is 2.70. The second-order valence-corrected chi connectivity index (χ2v) is 3.95. The van der Waals surface area contributed by atoms with Crippen molar-refractivity contribution in [3.63, 3.8) is 0 Å². The number of benzene rings is 1. The maximum absolute atomic E-state index is 11.2. The molecule has 1 aromatic rings. The van der Waals surface area contributed by atoms with Gasteiger partial charge in [-0.05, 0) is 31.0 Å². The smallest absolute Gasteiger partial charge is 0.203 e. The fourth-order valence-electron chi connectivity index (χ4n) is 1.65. The van der Waals surface area contributed by atoms with E-state index < -0.39 is 6.04 Å². The molecular weight excluding hydrogens is 234 g/mol. The molecule has 5 heteroatoms. The van der Waals surface area contributed by atoms with Crippen molar-refractivity contribution in [3.05, 3.63) is 17.7 Å². The molecule has 2 N–H and O–H groups in total. The molecule has 0 bridgehead atoms. The van der Waals surface area contributed by atoms with E-state index in [1.165, 1.54) is 6.92 Å². The van der Waals surface area contributed by atoms with Crippen LogP contribution in [0.1, 0.15) is 12.5 Å². The van der Waals surface area contributed by atoms with Crippen LogP contribution in [0.3, 0.4) is 0 Å². The summed E-state index contributed by atoms with van der Waals surface area (Å²) in [5.74, 6) is 1.59. The maximum atomic E-state index is 11.2. The molecule has 1 aromatic carbocycles. The van der Waals surface area contributed by atoms with E-state index in [4.69, 9.17) is 19.9 Å². The summed E-state index contributed by atoms with van der Waals surface area (Å²) in [6.45, 7) is 1.47. The molecule has 0 spiro atoms. The Kier molecular flexibility index (Phi) is 4.97. The largest absolute Gasteiger partial charge is 0.493 e. The topological polar surface area (TPSA) is 70.8 Å². The van der Waals surface area contributed by atoms with Gasteiger partial charge in [0.15, 0.2) is 11.5 Å². The van der Waals surface area contributed by atoms with Crippen molar-refractivity contribution in [1.29, 1.82) is 0 Å². The summed E-state index contributed by atoms with van der Waals surface area (Å²) >= 11 is 0. The highest BCUT2D eigenvalue weighted by atomic mass is 16.5. The lowest BCUT2D eigenvalue weighted by Gasteiger charge is -2.15. The van der Waals surface area contributed by atoms with E-state index >= 15 is 0 Å². The van der Waals surface area contributed by atoms with Gasteiger partial charge < -0.3 is 19.9 Å². The number of Topliss-reactive ketones (excluding diaryl/α,β-unsaturated/α-hetero) is 1. The lowest BCUT2D eigenvalue weighted by molar-refractivity contribution is -0.118. The maximum Gasteiger partial charge on any atom is 0.203 e. The number of ketones is 1. The van der Waals surface area contributed by atoms with Gasteiger partial charge in [-0.1, -0.05) is 0 Å². The van der Waals surface area contributed by atoms with Crippen LogP contribution in [0.4, 0.5) is 0 Å². The first-order chi connectivity index (χ1) is 8.53. The van der Waals surface area contributed by atoms with Gasteiger partial charge in [-0.3, -0.25) is 4.79 Å². The van der Waals surface area contributed by atoms with E-state index in [2.05, 4.69) is 0 Å². The lowest BCUT2D eigenvalue weighted by Crippen LogP contribution is -2.30. The van der Waals surface area contributed by atoms with Crippen molar-refractivity contribution in [1.82, 2.24) is 0 Å². The summed E-state index contributed by atoms with van der Waals surface area (Å²) in [7, 11) is 4.64. The van der Waals surface area contributed by atoms with Gasteiger partial charge >= 0.3 is 0 Å². The number of methoxy groups -OCH3 is 3. The zero-order chi connectivity index (χ0) is 13.7. The van der Waals surface area contributed by atoms with Gasteiger partial charge in [0.25, 0.3) is 0 Å². The van der Waals surface area contributed by atoms with Gasteiger partial charge in [0, 0.05) is 0 Å². The zero-order valence-corrected chi connectivity index (χ0v) is 11.1. The molecule has 0 amide bonds. The molecule has 0 aromatic heterocycles. The molecule has 0 radical (unpaired) electrons. The van der Waals surface area contributed by atoms with Gasteiger partial charge in [-0.25, -0.2) is 0 Å². The van der Waals surface area contributed by atoms with Gasteiger partial charge in [-0.2, -0.15) is 0 Å². The van der Waals surface area contributed by atoms with E-state index in [0.29, 0.717) is 23.7 Å². The Bertz CT molecular complexity index is 406. The number of ether oxygens (including phenoxy) is 3. The van der Waals surface area contributed by atoms with Crippen LogP contribution >= 0.6 is 0 Å². The predicted molar refractivity (Wildman–Crippen MR) is 68.5 cm³/mol. The van der Waals surface area contributed by atoms with Gasteiger partial charge in [0.1, 0.15) is 5.78 Å². The highest BCUT2D eigenvalue weighted by molar-refractivity contribution is 5.81. The third kappa shape index (κ3) is 3.13. The lowest BCUT2D eigenvalue weighted by atomic mass is 10.0. The van der Waals surface area contributed by atoms with E-state index in [-0.39, 0.29) is 5.78 Å². The van der Waals surface area contributed by atoms with Crippen LogP contribution in [0.25, 0.3) is 0 Å². The number of hydrogen-bond donors (Lipinski definition) is 1. The number of nitrogens with two attached hydrogens (primary N) is 1. The van der Waals surface area contributed by atoms with Gasteiger partial charge in [0.2, 0.25) is 5.75 Å². The molecular formula is C13H19NO4. The highest BCUT2D eigenvalue weighted by Gasteiger charge is 2.16. The SMILES string of the molecule is COc1cc(CC(N)C(C)=O)cc(OC)c1OC. The number of rotatable bonds is 6. The second-order valence-electron chi connectivity index (χ2n) is 3.95. The van der Waals surface area contributed by atoms with E-state index in [1.54, 1.807) is 33.5 Å². The average molecular weight is 253 g/mol. The standard InChI is InChI=1S/C13H19NO4/c1-8(15)10(14)5-9-6-11(16-2)13(18-4)12(7-9)17-3/h6-7,10H,5,14H2,1-4H3. The molecule has 0 aliphatic carbocycles. The number of carbonyl (C=O) groups excluding carboxylic acids is 1. The van der Waals surface area contributed by atoms with E-state index in [0.717, 1.165) is 5.56 Å². The molecule has 0 saturated carbocycles. The second kappa shape index (κ2) is 6.26. The quantitative estimate of drug-likeness (QED) is 0.824. The average Bonchev–Trinajstić information content (AvgIpc) is 2.37. The first-order valence-electron chi connectivity index (χ1n) is 5.58. The molecule has 0 saturated heterocycles. The highest BCUT2D eigenvalue weighted by Crippen LogP contribution is 2.38. The van der Waals surface area contributed by atoms with Crippen LogP contribution in [-0.2, 0) is 11.2 Å². The Labute approximate surface area is 107 Å². The van der Waals surface area contributed by atoms with E-state index in [1.807, 2.05) is 0 Å². The molecule has 1 rings (SSSR count). The normalized spacial score (nSPS) is 11.8. The Morgan fingerprint density at radius 2 is 1.67 bits per heavy atom.